The van der Waals surface area contributed by atoms with Gasteiger partial charge in [0, 0.05) is 12.4 Å². The third-order valence-electron chi connectivity index (χ3n) is 1.68. The molecule has 6 heteroatoms. The smallest absolute Gasteiger partial charge is 0.192 e. The van der Waals surface area contributed by atoms with E-state index in [-0.39, 0.29) is 0 Å². The van der Waals surface area contributed by atoms with Gasteiger partial charge in [-0.05, 0) is 0 Å². The van der Waals surface area contributed by atoms with Crippen molar-refractivity contribution in [2.75, 3.05) is 5.73 Å². The molecule has 0 saturated carbocycles. The summed E-state index contributed by atoms with van der Waals surface area (Å²) in [5.41, 5.74) is 6.52. The van der Waals surface area contributed by atoms with Gasteiger partial charge in [0.05, 0.1) is 21.8 Å². The summed E-state index contributed by atoms with van der Waals surface area (Å²) in [6.45, 7) is 0. The van der Waals surface area contributed by atoms with Gasteiger partial charge >= 0.3 is 0 Å². The van der Waals surface area contributed by atoms with Gasteiger partial charge in [0.1, 0.15) is 5.69 Å². The molecule has 0 bridgehead atoms. The van der Waals surface area contributed by atoms with Crippen LogP contribution < -0.4 is 5.73 Å². The molecule has 0 atom stereocenters. The Balaban J connectivity index is 2.68. The molecule has 0 spiro atoms. The van der Waals surface area contributed by atoms with Crippen molar-refractivity contribution in [3.8, 4) is 11.3 Å². The normalized spacial score (nSPS) is 10.4. The van der Waals surface area contributed by atoms with Crippen LogP contribution in [0.3, 0.4) is 0 Å². The van der Waals surface area contributed by atoms with E-state index in [1.54, 1.807) is 0 Å². The molecule has 0 amide bonds. The van der Waals surface area contributed by atoms with Crippen LogP contribution in [0.25, 0.3) is 11.3 Å². The molecular weight excluding hydrogens is 225 g/mol. The van der Waals surface area contributed by atoms with Gasteiger partial charge in [-0.2, -0.15) is 0 Å². The maximum Gasteiger partial charge on any atom is 0.192 e. The first-order valence-corrected chi connectivity index (χ1v) is 4.45. The second kappa shape index (κ2) is 3.48. The SMILES string of the molecule is Nc1cnoc1-c1c(Cl)cncc1Cl. The molecule has 0 saturated heterocycles. The lowest BCUT2D eigenvalue weighted by Crippen LogP contribution is -1.87. The third-order valence-corrected chi connectivity index (χ3v) is 2.25. The molecule has 2 rings (SSSR count). The van der Waals surface area contributed by atoms with E-state index in [1.165, 1.54) is 18.6 Å². The van der Waals surface area contributed by atoms with Crippen molar-refractivity contribution in [1.82, 2.24) is 10.1 Å². The molecule has 4 nitrogen and oxygen atoms in total. The number of pyridine rings is 1. The maximum atomic E-state index is 5.90. The standard InChI is InChI=1S/C8H5Cl2N3O/c9-4-1-12-2-5(10)7(4)8-6(11)3-13-14-8/h1-3H,11H2. The minimum atomic E-state index is 0.363. The highest BCUT2D eigenvalue weighted by atomic mass is 35.5. The second-order valence-electron chi connectivity index (χ2n) is 2.59. The Morgan fingerprint density at radius 2 is 1.79 bits per heavy atom. The van der Waals surface area contributed by atoms with Gasteiger partial charge in [-0.15, -0.1) is 0 Å². The molecule has 72 valence electrons. The van der Waals surface area contributed by atoms with Crippen LogP contribution in [0.1, 0.15) is 0 Å². The summed E-state index contributed by atoms with van der Waals surface area (Å²) in [4.78, 5) is 3.82. The number of hydrogen-bond donors (Lipinski definition) is 1. The van der Waals surface area contributed by atoms with Crippen molar-refractivity contribution >= 4 is 28.9 Å². The van der Waals surface area contributed by atoms with Gasteiger partial charge in [0.2, 0.25) is 0 Å². The van der Waals surface area contributed by atoms with Crippen LogP contribution in [0.2, 0.25) is 10.0 Å². The molecule has 0 aliphatic rings. The Bertz CT molecular complexity index is 449. The number of nitrogens with zero attached hydrogens (tertiary/aromatic N) is 2. The lowest BCUT2D eigenvalue weighted by Gasteiger charge is -2.02. The molecule has 14 heavy (non-hydrogen) atoms. The summed E-state index contributed by atoms with van der Waals surface area (Å²) < 4.78 is 4.94. The van der Waals surface area contributed by atoms with E-state index in [2.05, 4.69) is 10.1 Å². The summed E-state index contributed by atoms with van der Waals surface area (Å²) >= 11 is 11.8. The Kier molecular flexibility index (Phi) is 2.31. The van der Waals surface area contributed by atoms with Crippen LogP contribution in [0, 0.1) is 0 Å². The zero-order valence-electron chi connectivity index (χ0n) is 6.87. The van der Waals surface area contributed by atoms with E-state index in [4.69, 9.17) is 33.5 Å². The Hall–Kier alpha value is -1.26. The number of nitrogen functional groups attached to an aromatic ring is 1. The van der Waals surface area contributed by atoms with Gasteiger partial charge < -0.3 is 10.3 Å². The van der Waals surface area contributed by atoms with Gasteiger partial charge in [-0.25, -0.2) is 0 Å². The Morgan fingerprint density at radius 3 is 2.29 bits per heavy atom. The fourth-order valence-corrected chi connectivity index (χ4v) is 1.60. The highest BCUT2D eigenvalue weighted by Crippen LogP contribution is 2.36. The highest BCUT2D eigenvalue weighted by Gasteiger charge is 2.15. The zero-order chi connectivity index (χ0) is 10.1. The number of hydrogen-bond acceptors (Lipinski definition) is 4. The minimum absolute atomic E-state index is 0.363. The van der Waals surface area contributed by atoms with E-state index in [9.17, 15) is 0 Å². The summed E-state index contributed by atoms with van der Waals surface area (Å²) in [6.07, 6.45) is 4.32. The van der Waals surface area contributed by atoms with Crippen LogP contribution in [0.15, 0.2) is 23.1 Å². The molecule has 0 unspecified atom stereocenters. The van der Waals surface area contributed by atoms with Crippen LogP contribution in [-0.4, -0.2) is 10.1 Å². The van der Waals surface area contributed by atoms with E-state index < -0.39 is 0 Å². The third kappa shape index (κ3) is 1.42. The Morgan fingerprint density at radius 1 is 1.14 bits per heavy atom. The summed E-state index contributed by atoms with van der Waals surface area (Å²) in [6, 6.07) is 0. The van der Waals surface area contributed by atoms with E-state index in [0.29, 0.717) is 27.1 Å². The van der Waals surface area contributed by atoms with Crippen LogP contribution in [0.4, 0.5) is 5.69 Å². The molecule has 2 aromatic rings. The Labute approximate surface area is 89.6 Å². The van der Waals surface area contributed by atoms with Crippen molar-refractivity contribution < 1.29 is 4.52 Å². The molecule has 0 aliphatic carbocycles. The van der Waals surface area contributed by atoms with Crippen molar-refractivity contribution in [1.29, 1.82) is 0 Å². The van der Waals surface area contributed by atoms with Crippen LogP contribution in [0.5, 0.6) is 0 Å². The predicted octanol–water partition coefficient (Wildman–Crippen LogP) is 2.63. The minimum Gasteiger partial charge on any atom is -0.394 e. The topological polar surface area (TPSA) is 64.9 Å². The summed E-state index contributed by atoms with van der Waals surface area (Å²) in [5, 5.41) is 4.29. The van der Waals surface area contributed by atoms with E-state index in [0.717, 1.165) is 0 Å². The maximum absolute atomic E-state index is 5.90. The van der Waals surface area contributed by atoms with E-state index in [1.807, 2.05) is 0 Å². The fourth-order valence-electron chi connectivity index (χ4n) is 1.07. The van der Waals surface area contributed by atoms with Crippen molar-refractivity contribution in [2.45, 2.75) is 0 Å². The molecular formula is C8H5Cl2N3O. The molecule has 2 heterocycles. The van der Waals surface area contributed by atoms with Crippen LogP contribution >= 0.6 is 23.2 Å². The average Bonchev–Trinajstić information content (AvgIpc) is 2.52. The molecule has 0 aromatic carbocycles. The van der Waals surface area contributed by atoms with E-state index >= 15 is 0 Å². The lowest BCUT2D eigenvalue weighted by molar-refractivity contribution is 0.432. The first kappa shape index (κ1) is 9.30. The number of aromatic nitrogens is 2. The van der Waals surface area contributed by atoms with Gasteiger partial charge in [-0.1, -0.05) is 28.4 Å². The number of anilines is 1. The summed E-state index contributed by atoms with van der Waals surface area (Å²) in [5.74, 6) is 0.363. The molecule has 2 aromatic heterocycles. The monoisotopic (exact) mass is 229 g/mol. The fraction of sp³-hybridized carbons (Fsp3) is 0. The van der Waals surface area contributed by atoms with Crippen LogP contribution in [-0.2, 0) is 0 Å². The molecule has 2 N–H and O–H groups in total. The molecule has 0 radical (unpaired) electrons. The number of rotatable bonds is 1. The largest absolute Gasteiger partial charge is 0.394 e. The highest BCUT2D eigenvalue weighted by molar-refractivity contribution is 6.39. The number of halogens is 2. The lowest BCUT2D eigenvalue weighted by atomic mass is 10.2. The van der Waals surface area contributed by atoms with Gasteiger partial charge in [-0.3, -0.25) is 4.98 Å². The average molecular weight is 230 g/mol. The predicted molar refractivity (Wildman–Crippen MR) is 54.2 cm³/mol. The second-order valence-corrected chi connectivity index (χ2v) is 3.40. The van der Waals surface area contributed by atoms with Crippen molar-refractivity contribution in [3.05, 3.63) is 28.6 Å². The zero-order valence-corrected chi connectivity index (χ0v) is 8.38. The summed E-state index contributed by atoms with van der Waals surface area (Å²) in [7, 11) is 0. The molecule has 0 aliphatic heterocycles. The number of nitrogens with two attached hydrogens (primary N) is 1. The van der Waals surface area contributed by atoms with Crippen molar-refractivity contribution in [2.24, 2.45) is 0 Å². The van der Waals surface area contributed by atoms with Crippen molar-refractivity contribution in [3.63, 3.8) is 0 Å². The van der Waals surface area contributed by atoms with Gasteiger partial charge in [0.25, 0.3) is 0 Å². The molecule has 0 fully saturated rings. The first-order valence-electron chi connectivity index (χ1n) is 3.69. The first-order chi connectivity index (χ1) is 6.70. The van der Waals surface area contributed by atoms with Gasteiger partial charge in [0.15, 0.2) is 5.76 Å². The quantitative estimate of drug-likeness (QED) is 0.817.